The van der Waals surface area contributed by atoms with E-state index in [-0.39, 0.29) is 24.8 Å². The fourth-order valence-electron chi connectivity index (χ4n) is 1.54. The third-order valence-electron chi connectivity index (χ3n) is 2.72. The average molecular weight is 295 g/mol. The molecule has 1 rings (SSSR count). The molecule has 0 fully saturated rings. The van der Waals surface area contributed by atoms with Crippen LogP contribution in [-0.2, 0) is 14.3 Å². The van der Waals surface area contributed by atoms with Gasteiger partial charge in [0, 0.05) is 13.0 Å². The highest BCUT2D eigenvalue weighted by Crippen LogP contribution is 2.22. The number of carbonyl (C=O) groups is 2. The second kappa shape index (κ2) is 8.30. The molecule has 0 aliphatic rings. The van der Waals surface area contributed by atoms with E-state index in [2.05, 4.69) is 10.1 Å². The first kappa shape index (κ1) is 16.1. The lowest BCUT2D eigenvalue weighted by atomic mass is 10.3. The summed E-state index contributed by atoms with van der Waals surface area (Å²) in [5.74, 6) is -0.496. The Morgan fingerprint density at radius 1 is 1.55 bits per heavy atom. The second-order valence-electron chi connectivity index (χ2n) is 4.02. The first-order valence-electron chi connectivity index (χ1n) is 6.17. The molecule has 20 heavy (non-hydrogen) atoms. The van der Waals surface area contributed by atoms with Gasteiger partial charge >= 0.3 is 5.97 Å². The quantitative estimate of drug-likeness (QED) is 0.770. The van der Waals surface area contributed by atoms with Crippen LogP contribution in [0, 0.1) is 11.3 Å². The monoisotopic (exact) mass is 295 g/mol. The van der Waals surface area contributed by atoms with Gasteiger partial charge in [-0.2, -0.15) is 5.26 Å². The van der Waals surface area contributed by atoms with Crippen molar-refractivity contribution in [3.63, 3.8) is 0 Å². The number of anilines is 1. The molecule has 0 atom stereocenters. The maximum atomic E-state index is 11.8. The lowest BCUT2D eigenvalue weighted by Gasteiger charge is -2.18. The van der Waals surface area contributed by atoms with Crippen LogP contribution in [0.4, 0.5) is 5.00 Å². The van der Waals surface area contributed by atoms with E-state index in [0.717, 1.165) is 0 Å². The molecule has 0 saturated carbocycles. The van der Waals surface area contributed by atoms with E-state index in [1.54, 1.807) is 11.4 Å². The Kier molecular flexibility index (Phi) is 6.70. The van der Waals surface area contributed by atoms with Crippen LogP contribution < -0.4 is 5.32 Å². The maximum absolute atomic E-state index is 11.8. The van der Waals surface area contributed by atoms with Crippen molar-refractivity contribution in [3.8, 4) is 6.07 Å². The first-order valence-corrected chi connectivity index (χ1v) is 7.05. The average Bonchev–Trinajstić information content (AvgIpc) is 2.90. The van der Waals surface area contributed by atoms with Crippen molar-refractivity contribution in [2.24, 2.45) is 0 Å². The van der Waals surface area contributed by atoms with Gasteiger partial charge in [0.1, 0.15) is 11.1 Å². The highest BCUT2D eigenvalue weighted by Gasteiger charge is 2.12. The van der Waals surface area contributed by atoms with Crippen LogP contribution in [0.5, 0.6) is 0 Å². The fraction of sp³-hybridized carbons (Fsp3) is 0.462. The van der Waals surface area contributed by atoms with E-state index < -0.39 is 0 Å². The molecule has 6 nitrogen and oxygen atoms in total. The van der Waals surface area contributed by atoms with Crippen molar-refractivity contribution in [2.75, 3.05) is 32.1 Å². The number of hydrogen-bond donors (Lipinski definition) is 1. The number of esters is 1. The van der Waals surface area contributed by atoms with Gasteiger partial charge in [0.25, 0.3) is 0 Å². The van der Waals surface area contributed by atoms with E-state index in [1.807, 2.05) is 17.9 Å². The number of likely N-dealkylation sites (N-methyl/N-ethyl adjacent to an activating group) is 1. The Morgan fingerprint density at radius 2 is 2.30 bits per heavy atom. The summed E-state index contributed by atoms with van der Waals surface area (Å²) in [6.07, 6.45) is 0.258. The van der Waals surface area contributed by atoms with Gasteiger partial charge in [0.2, 0.25) is 5.91 Å². The van der Waals surface area contributed by atoms with E-state index >= 15 is 0 Å². The molecule has 1 aromatic rings. The third-order valence-corrected chi connectivity index (χ3v) is 3.55. The number of nitriles is 1. The Balaban J connectivity index is 2.43. The molecular weight excluding hydrogens is 278 g/mol. The molecule has 1 amide bonds. The Morgan fingerprint density at radius 3 is 2.90 bits per heavy atom. The zero-order valence-corrected chi connectivity index (χ0v) is 12.3. The van der Waals surface area contributed by atoms with Gasteiger partial charge in [-0.25, -0.2) is 0 Å². The molecule has 0 spiro atoms. The Bertz CT molecular complexity index is 507. The summed E-state index contributed by atoms with van der Waals surface area (Å²) in [6.45, 7) is 3.20. The maximum Gasteiger partial charge on any atom is 0.319 e. The van der Waals surface area contributed by atoms with Gasteiger partial charge in [-0.1, -0.05) is 6.92 Å². The minimum absolute atomic E-state index is 0.169. The highest BCUT2D eigenvalue weighted by molar-refractivity contribution is 7.14. The minimum Gasteiger partial charge on any atom is -0.468 e. The number of rotatable bonds is 7. The number of thiophene rings is 1. The van der Waals surface area contributed by atoms with Crippen LogP contribution in [-0.4, -0.2) is 43.5 Å². The number of amides is 1. The van der Waals surface area contributed by atoms with Crippen molar-refractivity contribution in [1.82, 2.24) is 4.90 Å². The normalized spacial score (nSPS) is 10.1. The number of nitrogens with one attached hydrogen (secondary N) is 1. The summed E-state index contributed by atoms with van der Waals surface area (Å²) >= 11 is 1.31. The van der Waals surface area contributed by atoms with Crippen LogP contribution in [0.1, 0.15) is 18.9 Å². The van der Waals surface area contributed by atoms with Crippen molar-refractivity contribution >= 4 is 28.2 Å². The van der Waals surface area contributed by atoms with Crippen molar-refractivity contribution in [2.45, 2.75) is 13.3 Å². The van der Waals surface area contributed by atoms with Crippen LogP contribution in [0.25, 0.3) is 0 Å². The van der Waals surface area contributed by atoms with Gasteiger partial charge < -0.3 is 10.1 Å². The predicted octanol–water partition coefficient (Wildman–Crippen LogP) is 1.44. The lowest BCUT2D eigenvalue weighted by molar-refractivity contribution is -0.142. The number of hydrogen-bond acceptors (Lipinski definition) is 6. The van der Waals surface area contributed by atoms with Crippen LogP contribution in [0.2, 0.25) is 0 Å². The fourth-order valence-corrected chi connectivity index (χ4v) is 2.29. The van der Waals surface area contributed by atoms with Gasteiger partial charge in [-0.05, 0) is 18.0 Å². The van der Waals surface area contributed by atoms with Crippen LogP contribution in [0.3, 0.4) is 0 Å². The number of methoxy groups -OCH3 is 1. The number of ether oxygens (including phenoxy) is 1. The summed E-state index contributed by atoms with van der Waals surface area (Å²) in [6, 6.07) is 3.68. The van der Waals surface area contributed by atoms with Crippen LogP contribution in [0.15, 0.2) is 11.4 Å². The molecule has 0 radical (unpaired) electrons. The van der Waals surface area contributed by atoms with E-state index in [9.17, 15) is 9.59 Å². The molecule has 108 valence electrons. The summed E-state index contributed by atoms with van der Waals surface area (Å²) < 4.78 is 4.59. The Hall–Kier alpha value is -1.91. The highest BCUT2D eigenvalue weighted by atomic mass is 32.1. The van der Waals surface area contributed by atoms with Crippen molar-refractivity contribution in [1.29, 1.82) is 5.26 Å². The predicted molar refractivity (Wildman–Crippen MR) is 76.4 cm³/mol. The smallest absolute Gasteiger partial charge is 0.319 e. The molecular formula is C13H17N3O3S. The standard InChI is InChI=1S/C13H17N3O3S/c1-3-16(9-12(18)19-2)6-4-11(17)15-13-10(8-14)5-7-20-13/h5,7H,3-4,6,9H2,1-2H3,(H,15,17). The van der Waals surface area contributed by atoms with Crippen molar-refractivity contribution < 1.29 is 14.3 Å². The van der Waals surface area contributed by atoms with Gasteiger partial charge in [0.05, 0.1) is 19.2 Å². The first-order chi connectivity index (χ1) is 9.60. The molecule has 0 unspecified atom stereocenters. The van der Waals surface area contributed by atoms with E-state index in [4.69, 9.17) is 5.26 Å². The molecule has 1 heterocycles. The lowest BCUT2D eigenvalue weighted by Crippen LogP contribution is -2.33. The minimum atomic E-state index is -0.322. The molecule has 0 aliphatic heterocycles. The van der Waals surface area contributed by atoms with E-state index in [1.165, 1.54) is 18.4 Å². The molecule has 7 heteroatoms. The zero-order valence-electron chi connectivity index (χ0n) is 11.5. The van der Waals surface area contributed by atoms with Gasteiger partial charge in [0.15, 0.2) is 0 Å². The molecule has 0 aliphatic carbocycles. The molecule has 0 bridgehead atoms. The van der Waals surface area contributed by atoms with Crippen LogP contribution >= 0.6 is 11.3 Å². The molecule has 1 N–H and O–H groups in total. The van der Waals surface area contributed by atoms with Gasteiger partial charge in [-0.3, -0.25) is 14.5 Å². The summed E-state index contributed by atoms with van der Waals surface area (Å²) in [4.78, 5) is 24.8. The molecule has 0 aromatic carbocycles. The number of carbonyl (C=O) groups excluding carboxylic acids is 2. The zero-order chi connectivity index (χ0) is 15.0. The van der Waals surface area contributed by atoms with Crippen molar-refractivity contribution in [3.05, 3.63) is 17.0 Å². The molecule has 0 saturated heterocycles. The summed E-state index contributed by atoms with van der Waals surface area (Å²) in [5, 5.41) is 13.9. The largest absolute Gasteiger partial charge is 0.468 e. The second-order valence-corrected chi connectivity index (χ2v) is 4.93. The van der Waals surface area contributed by atoms with E-state index in [0.29, 0.717) is 23.7 Å². The number of nitrogens with zero attached hydrogens (tertiary/aromatic N) is 2. The summed E-state index contributed by atoms with van der Waals surface area (Å²) in [7, 11) is 1.34. The molecule has 1 aromatic heterocycles. The topological polar surface area (TPSA) is 82.4 Å². The SMILES string of the molecule is CCN(CCC(=O)Nc1sccc1C#N)CC(=O)OC. The Labute approximate surface area is 121 Å². The third kappa shape index (κ3) is 4.99. The van der Waals surface area contributed by atoms with Gasteiger partial charge in [-0.15, -0.1) is 11.3 Å². The summed E-state index contributed by atoms with van der Waals surface area (Å²) in [5.41, 5.74) is 0.463.